The van der Waals surface area contributed by atoms with Crippen molar-refractivity contribution in [3.63, 3.8) is 0 Å². The number of carbonyl (C=O) groups excluding carboxylic acids is 1. The number of hydrogen-bond acceptors (Lipinski definition) is 5. The van der Waals surface area contributed by atoms with E-state index in [0.29, 0.717) is 18.8 Å². The van der Waals surface area contributed by atoms with Crippen molar-refractivity contribution in [2.45, 2.75) is 31.7 Å². The second-order valence-electron chi connectivity index (χ2n) is 5.42. The van der Waals surface area contributed by atoms with E-state index in [9.17, 15) is 14.9 Å². The van der Waals surface area contributed by atoms with E-state index in [-0.39, 0.29) is 11.6 Å². The van der Waals surface area contributed by atoms with Crippen molar-refractivity contribution in [3.8, 4) is 0 Å². The monoisotopic (exact) mass is 306 g/mol. The maximum absolute atomic E-state index is 12.3. The van der Waals surface area contributed by atoms with Gasteiger partial charge in [0.05, 0.1) is 10.5 Å². The first kappa shape index (κ1) is 16.2. The van der Waals surface area contributed by atoms with Crippen molar-refractivity contribution in [3.05, 3.63) is 34.4 Å². The van der Waals surface area contributed by atoms with E-state index in [1.165, 1.54) is 6.07 Å². The molecule has 2 rings (SSSR count). The number of nitro benzene ring substituents is 1. The minimum Gasteiger partial charge on any atom is -0.378 e. The van der Waals surface area contributed by atoms with Crippen LogP contribution in [0, 0.1) is 10.1 Å². The number of carbonyl (C=O) groups is 1. The number of benzene rings is 1. The average Bonchev–Trinajstić information content (AvgIpc) is 3.02. The van der Waals surface area contributed by atoms with Gasteiger partial charge < -0.3 is 16.0 Å². The van der Waals surface area contributed by atoms with Gasteiger partial charge in [-0.2, -0.15) is 0 Å². The van der Waals surface area contributed by atoms with Crippen LogP contribution in [0.1, 0.15) is 26.2 Å². The molecular weight excluding hydrogens is 284 g/mol. The second-order valence-corrected chi connectivity index (χ2v) is 5.42. The highest BCUT2D eigenvalue weighted by atomic mass is 16.6. The van der Waals surface area contributed by atoms with Crippen LogP contribution >= 0.6 is 0 Å². The van der Waals surface area contributed by atoms with Crippen molar-refractivity contribution in [1.29, 1.82) is 0 Å². The molecule has 3 N–H and O–H groups in total. The summed E-state index contributed by atoms with van der Waals surface area (Å²) >= 11 is 0. The first-order valence-electron chi connectivity index (χ1n) is 7.60. The molecule has 7 heteroatoms. The van der Waals surface area contributed by atoms with Gasteiger partial charge in [0.25, 0.3) is 5.69 Å². The van der Waals surface area contributed by atoms with Crippen LogP contribution in [0.25, 0.3) is 0 Å². The highest BCUT2D eigenvalue weighted by Crippen LogP contribution is 2.24. The maximum Gasteiger partial charge on any atom is 0.292 e. The molecule has 0 radical (unpaired) electrons. The number of hydrogen-bond donors (Lipinski definition) is 3. The lowest BCUT2D eigenvalue weighted by Crippen LogP contribution is -2.53. The van der Waals surface area contributed by atoms with Gasteiger partial charge in [-0.05, 0) is 31.9 Å². The molecule has 120 valence electrons. The first-order valence-corrected chi connectivity index (χ1v) is 7.60. The van der Waals surface area contributed by atoms with E-state index in [4.69, 9.17) is 0 Å². The Morgan fingerprint density at radius 3 is 2.82 bits per heavy atom. The minimum atomic E-state index is -0.446. The predicted octanol–water partition coefficient (Wildman–Crippen LogP) is 1.66. The Kier molecular flexibility index (Phi) is 5.32. The third-order valence-corrected chi connectivity index (χ3v) is 4.11. The summed E-state index contributed by atoms with van der Waals surface area (Å²) in [6, 6.07) is 6.48. The van der Waals surface area contributed by atoms with Crippen molar-refractivity contribution in [1.82, 2.24) is 10.6 Å². The normalized spacial score (nSPS) is 20.6. The van der Waals surface area contributed by atoms with Crippen LogP contribution in [0.15, 0.2) is 24.3 Å². The van der Waals surface area contributed by atoms with E-state index < -0.39 is 10.5 Å². The number of nitrogens with one attached hydrogen (secondary N) is 3. The number of amides is 1. The van der Waals surface area contributed by atoms with E-state index in [1.807, 2.05) is 6.92 Å². The Balaban J connectivity index is 1.82. The largest absolute Gasteiger partial charge is 0.378 e. The lowest BCUT2D eigenvalue weighted by atomic mass is 9.93. The molecule has 0 aromatic heterocycles. The molecule has 1 atom stereocenters. The molecule has 1 heterocycles. The zero-order valence-corrected chi connectivity index (χ0v) is 12.7. The average molecular weight is 306 g/mol. The topological polar surface area (TPSA) is 96.3 Å². The van der Waals surface area contributed by atoms with Gasteiger partial charge in [0.15, 0.2) is 0 Å². The third kappa shape index (κ3) is 3.54. The van der Waals surface area contributed by atoms with Crippen LogP contribution in [0.2, 0.25) is 0 Å². The summed E-state index contributed by atoms with van der Waals surface area (Å²) in [6.07, 6.45) is 2.62. The Bertz CT molecular complexity index is 541. The summed E-state index contributed by atoms with van der Waals surface area (Å²) in [5.74, 6) is 0.0110. The molecule has 1 amide bonds. The van der Waals surface area contributed by atoms with Crippen molar-refractivity contribution >= 4 is 17.3 Å². The van der Waals surface area contributed by atoms with Gasteiger partial charge in [0, 0.05) is 19.2 Å². The van der Waals surface area contributed by atoms with Crippen LogP contribution in [0.3, 0.4) is 0 Å². The molecule has 22 heavy (non-hydrogen) atoms. The van der Waals surface area contributed by atoms with E-state index in [2.05, 4.69) is 16.0 Å². The SMILES string of the molecule is CCC1(C(=O)NCCNc2ccccc2[N+](=O)[O-])CCCN1. The first-order chi connectivity index (χ1) is 10.6. The fourth-order valence-electron chi connectivity index (χ4n) is 2.79. The van der Waals surface area contributed by atoms with E-state index >= 15 is 0 Å². The second kappa shape index (κ2) is 7.22. The fourth-order valence-corrected chi connectivity index (χ4v) is 2.79. The standard InChI is InChI=1S/C15H22N4O3/c1-2-15(8-5-9-18-15)14(20)17-11-10-16-12-6-3-4-7-13(12)19(21)22/h3-4,6-7,16,18H,2,5,8-11H2,1H3,(H,17,20). The highest BCUT2D eigenvalue weighted by Gasteiger charge is 2.38. The molecule has 1 unspecified atom stereocenters. The molecule has 0 spiro atoms. The van der Waals surface area contributed by atoms with Crippen LogP contribution in [-0.4, -0.2) is 36.0 Å². The summed E-state index contributed by atoms with van der Waals surface area (Å²) in [4.78, 5) is 22.8. The van der Waals surface area contributed by atoms with Crippen LogP contribution in [-0.2, 0) is 4.79 Å². The Labute approximate surface area is 129 Å². The zero-order chi connectivity index (χ0) is 16.0. The molecule has 0 saturated carbocycles. The van der Waals surface area contributed by atoms with Crippen molar-refractivity contribution in [2.75, 3.05) is 25.0 Å². The van der Waals surface area contributed by atoms with Crippen LogP contribution in [0.5, 0.6) is 0 Å². The molecule has 0 bridgehead atoms. The summed E-state index contributed by atoms with van der Waals surface area (Å²) in [5, 5.41) is 20.1. The molecule has 1 aromatic rings. The summed E-state index contributed by atoms with van der Waals surface area (Å²) in [5.41, 5.74) is 0.0564. The van der Waals surface area contributed by atoms with E-state index in [0.717, 1.165) is 25.8 Å². The van der Waals surface area contributed by atoms with Crippen molar-refractivity contribution < 1.29 is 9.72 Å². The Morgan fingerprint density at radius 2 is 2.18 bits per heavy atom. The zero-order valence-electron chi connectivity index (χ0n) is 12.7. The molecular formula is C15H22N4O3. The van der Waals surface area contributed by atoms with Gasteiger partial charge in [-0.1, -0.05) is 19.1 Å². The lowest BCUT2D eigenvalue weighted by molar-refractivity contribution is -0.384. The number of nitro groups is 1. The molecule has 7 nitrogen and oxygen atoms in total. The number of para-hydroxylation sites is 2. The molecule has 0 aliphatic carbocycles. The summed E-state index contributed by atoms with van der Waals surface area (Å²) in [6.45, 7) is 3.74. The van der Waals surface area contributed by atoms with Gasteiger partial charge >= 0.3 is 0 Å². The fraction of sp³-hybridized carbons (Fsp3) is 0.533. The van der Waals surface area contributed by atoms with Crippen LogP contribution < -0.4 is 16.0 Å². The summed E-state index contributed by atoms with van der Waals surface area (Å²) < 4.78 is 0. The third-order valence-electron chi connectivity index (χ3n) is 4.11. The summed E-state index contributed by atoms with van der Waals surface area (Å²) in [7, 11) is 0. The van der Waals surface area contributed by atoms with Gasteiger partial charge in [0.1, 0.15) is 5.69 Å². The van der Waals surface area contributed by atoms with Gasteiger partial charge in [-0.3, -0.25) is 14.9 Å². The Morgan fingerprint density at radius 1 is 1.41 bits per heavy atom. The molecule has 1 aromatic carbocycles. The Hall–Kier alpha value is -2.15. The highest BCUT2D eigenvalue weighted by molar-refractivity contribution is 5.86. The van der Waals surface area contributed by atoms with Gasteiger partial charge in [-0.15, -0.1) is 0 Å². The molecule has 1 fully saturated rings. The minimum absolute atomic E-state index is 0.0110. The lowest BCUT2D eigenvalue weighted by Gasteiger charge is -2.26. The molecule has 1 aliphatic heterocycles. The predicted molar refractivity (Wildman–Crippen MR) is 84.9 cm³/mol. The van der Waals surface area contributed by atoms with E-state index in [1.54, 1.807) is 18.2 Å². The molecule has 1 aliphatic rings. The quantitative estimate of drug-likeness (QED) is 0.404. The van der Waals surface area contributed by atoms with Crippen LogP contribution in [0.4, 0.5) is 11.4 Å². The smallest absolute Gasteiger partial charge is 0.292 e. The number of anilines is 1. The molecule has 1 saturated heterocycles. The maximum atomic E-state index is 12.3. The van der Waals surface area contributed by atoms with Gasteiger partial charge in [-0.25, -0.2) is 0 Å². The number of nitrogens with zero attached hydrogens (tertiary/aromatic N) is 1. The number of rotatable bonds is 7. The van der Waals surface area contributed by atoms with Gasteiger partial charge in [0.2, 0.25) is 5.91 Å². The van der Waals surface area contributed by atoms with Crippen molar-refractivity contribution in [2.24, 2.45) is 0 Å².